The molecule has 0 fully saturated rings. The van der Waals surface area contributed by atoms with Crippen molar-refractivity contribution >= 4 is 61.0 Å². The summed E-state index contributed by atoms with van der Waals surface area (Å²) >= 11 is 7.64. The van der Waals surface area contributed by atoms with Crippen LogP contribution in [-0.2, 0) is 4.79 Å². The Bertz CT molecular complexity index is 1010. The summed E-state index contributed by atoms with van der Waals surface area (Å²) in [5.74, 6) is 0.261. The fraction of sp³-hybridized carbons (Fsp3) is 0.0667. The molecule has 0 unspecified atom stereocenters. The number of nitro benzene ring substituents is 1. The number of rotatable bonds is 6. The Morgan fingerprint density at radius 3 is 2.85 bits per heavy atom. The first-order valence-electron chi connectivity index (χ1n) is 7.24. The highest BCUT2D eigenvalue weighted by Crippen LogP contribution is 2.27. The largest absolute Gasteiger partial charge is 0.411 e. The molecule has 138 valence electrons. The Kier molecular flexibility index (Phi) is 6.19. The number of aromatic nitrogens is 3. The molecular formula is C15H9Br2N5O4S. The van der Waals surface area contributed by atoms with Crippen LogP contribution in [-0.4, -0.2) is 31.8 Å². The van der Waals surface area contributed by atoms with Gasteiger partial charge in [-0.3, -0.25) is 14.9 Å². The number of thioether (sulfide) groups is 1. The molecule has 3 rings (SSSR count). The normalized spacial score (nSPS) is 10.6. The van der Waals surface area contributed by atoms with Crippen LogP contribution in [0.4, 0.5) is 11.5 Å². The number of hydrogen-bond acceptors (Lipinski definition) is 8. The first-order valence-corrected chi connectivity index (χ1v) is 9.81. The lowest BCUT2D eigenvalue weighted by atomic mass is 10.2. The van der Waals surface area contributed by atoms with E-state index in [-0.39, 0.29) is 28.5 Å². The highest BCUT2D eigenvalue weighted by Gasteiger charge is 2.15. The molecule has 1 aromatic carbocycles. The fourth-order valence-corrected chi connectivity index (χ4v) is 3.59. The van der Waals surface area contributed by atoms with Crippen LogP contribution in [0.3, 0.4) is 0 Å². The summed E-state index contributed by atoms with van der Waals surface area (Å²) < 4.78 is 6.87. The summed E-state index contributed by atoms with van der Waals surface area (Å²) in [4.78, 5) is 26.5. The average molecular weight is 515 g/mol. The smallest absolute Gasteiger partial charge is 0.277 e. The van der Waals surface area contributed by atoms with E-state index in [2.05, 4.69) is 52.4 Å². The number of benzene rings is 1. The third kappa shape index (κ3) is 5.11. The predicted octanol–water partition coefficient (Wildman–Crippen LogP) is 4.30. The fourth-order valence-electron chi connectivity index (χ4n) is 1.94. The molecule has 0 saturated carbocycles. The van der Waals surface area contributed by atoms with Gasteiger partial charge in [-0.25, -0.2) is 4.98 Å². The monoisotopic (exact) mass is 513 g/mol. The Labute approximate surface area is 173 Å². The molecule has 0 aliphatic heterocycles. The van der Waals surface area contributed by atoms with Gasteiger partial charge < -0.3 is 9.73 Å². The van der Waals surface area contributed by atoms with Gasteiger partial charge in [0.1, 0.15) is 5.82 Å². The van der Waals surface area contributed by atoms with Crippen LogP contribution in [0.15, 0.2) is 55.1 Å². The molecule has 0 radical (unpaired) electrons. The maximum absolute atomic E-state index is 12.1. The van der Waals surface area contributed by atoms with Crippen LogP contribution < -0.4 is 5.32 Å². The molecule has 2 aromatic heterocycles. The summed E-state index contributed by atoms with van der Waals surface area (Å²) in [6.07, 6.45) is 1.57. The van der Waals surface area contributed by atoms with E-state index in [4.69, 9.17) is 4.42 Å². The second-order valence-electron chi connectivity index (χ2n) is 5.00. The van der Waals surface area contributed by atoms with Crippen molar-refractivity contribution in [2.45, 2.75) is 5.22 Å². The molecule has 9 nitrogen and oxygen atoms in total. The van der Waals surface area contributed by atoms with Crippen LogP contribution in [0, 0.1) is 10.1 Å². The number of pyridine rings is 1. The van der Waals surface area contributed by atoms with Crippen molar-refractivity contribution in [3.05, 3.63) is 55.6 Å². The minimum absolute atomic E-state index is 0.0285. The van der Waals surface area contributed by atoms with Gasteiger partial charge in [0.05, 0.1) is 15.1 Å². The van der Waals surface area contributed by atoms with Crippen LogP contribution in [0.5, 0.6) is 0 Å². The number of nitrogens with one attached hydrogen (secondary N) is 1. The molecule has 0 saturated heterocycles. The summed E-state index contributed by atoms with van der Waals surface area (Å²) in [5, 5.41) is 21.4. The Hall–Kier alpha value is -2.31. The molecule has 1 N–H and O–H groups in total. The molecule has 12 heteroatoms. The number of carbonyl (C=O) groups is 1. The minimum Gasteiger partial charge on any atom is -0.411 e. The van der Waals surface area contributed by atoms with Gasteiger partial charge in [-0.1, -0.05) is 17.8 Å². The van der Waals surface area contributed by atoms with E-state index in [0.717, 1.165) is 16.2 Å². The SMILES string of the molecule is O=C(CSc1nnc(-c2cccc([N+](=O)[O-])c2)o1)Nc1ncc(Br)cc1Br. The van der Waals surface area contributed by atoms with Crippen LogP contribution in [0.2, 0.25) is 0 Å². The van der Waals surface area contributed by atoms with Gasteiger partial charge in [0.2, 0.25) is 11.8 Å². The highest BCUT2D eigenvalue weighted by molar-refractivity contribution is 9.11. The van der Waals surface area contributed by atoms with Crippen LogP contribution >= 0.6 is 43.6 Å². The number of anilines is 1. The van der Waals surface area contributed by atoms with E-state index < -0.39 is 4.92 Å². The average Bonchev–Trinajstić information content (AvgIpc) is 3.11. The highest BCUT2D eigenvalue weighted by atomic mass is 79.9. The van der Waals surface area contributed by atoms with Gasteiger partial charge >= 0.3 is 0 Å². The van der Waals surface area contributed by atoms with E-state index >= 15 is 0 Å². The van der Waals surface area contributed by atoms with E-state index in [0.29, 0.717) is 15.9 Å². The number of amides is 1. The topological polar surface area (TPSA) is 124 Å². The summed E-state index contributed by atoms with van der Waals surface area (Å²) in [6, 6.07) is 7.62. The zero-order valence-corrected chi connectivity index (χ0v) is 17.2. The molecule has 0 aliphatic rings. The first-order chi connectivity index (χ1) is 12.9. The third-order valence-electron chi connectivity index (χ3n) is 3.10. The number of carbonyl (C=O) groups excluding carboxylic acids is 1. The van der Waals surface area contributed by atoms with E-state index in [1.165, 1.54) is 18.2 Å². The van der Waals surface area contributed by atoms with E-state index in [1.807, 2.05) is 0 Å². The number of nitro groups is 1. The lowest BCUT2D eigenvalue weighted by molar-refractivity contribution is -0.384. The summed E-state index contributed by atoms with van der Waals surface area (Å²) in [7, 11) is 0. The summed E-state index contributed by atoms with van der Waals surface area (Å²) in [6.45, 7) is 0. The van der Waals surface area contributed by atoms with E-state index in [9.17, 15) is 14.9 Å². The maximum atomic E-state index is 12.1. The predicted molar refractivity (Wildman–Crippen MR) is 105 cm³/mol. The Balaban J connectivity index is 1.62. The van der Waals surface area contributed by atoms with Crippen LogP contribution in [0.25, 0.3) is 11.5 Å². The Morgan fingerprint density at radius 2 is 2.11 bits per heavy atom. The van der Waals surface area contributed by atoms with Crippen molar-refractivity contribution in [3.8, 4) is 11.5 Å². The molecule has 0 aliphatic carbocycles. The van der Waals surface area contributed by atoms with Gasteiger partial charge in [0.25, 0.3) is 10.9 Å². The second-order valence-corrected chi connectivity index (χ2v) is 7.70. The van der Waals surface area contributed by atoms with Crippen molar-refractivity contribution in [3.63, 3.8) is 0 Å². The molecule has 3 aromatic rings. The Morgan fingerprint density at radius 1 is 1.30 bits per heavy atom. The van der Waals surface area contributed by atoms with Gasteiger partial charge in [-0.15, -0.1) is 10.2 Å². The quantitative estimate of drug-likeness (QED) is 0.293. The van der Waals surface area contributed by atoms with Crippen molar-refractivity contribution < 1.29 is 14.1 Å². The van der Waals surface area contributed by atoms with Crippen molar-refractivity contribution in [2.24, 2.45) is 0 Å². The standard InChI is InChI=1S/C15H9Br2N5O4S/c16-9-5-11(17)13(18-6-9)19-12(23)7-27-15-21-20-14(26-15)8-2-1-3-10(4-8)22(24)25/h1-6H,7H2,(H,18,19,23). The first kappa shape index (κ1) is 19.5. The zero-order chi connectivity index (χ0) is 19.4. The van der Waals surface area contributed by atoms with Gasteiger partial charge in [-0.2, -0.15) is 0 Å². The molecule has 0 atom stereocenters. The second kappa shape index (κ2) is 8.59. The van der Waals surface area contributed by atoms with Crippen molar-refractivity contribution in [1.29, 1.82) is 0 Å². The lowest BCUT2D eigenvalue weighted by Crippen LogP contribution is -2.15. The van der Waals surface area contributed by atoms with Crippen LogP contribution in [0.1, 0.15) is 0 Å². The van der Waals surface area contributed by atoms with Gasteiger partial charge in [-0.05, 0) is 44.0 Å². The number of nitrogens with zero attached hydrogens (tertiary/aromatic N) is 4. The molecule has 1 amide bonds. The molecule has 0 bridgehead atoms. The molecule has 27 heavy (non-hydrogen) atoms. The van der Waals surface area contributed by atoms with Crippen molar-refractivity contribution in [2.75, 3.05) is 11.1 Å². The minimum atomic E-state index is -0.506. The zero-order valence-electron chi connectivity index (χ0n) is 13.3. The number of halogens is 2. The van der Waals surface area contributed by atoms with Gasteiger partial charge in [0, 0.05) is 28.4 Å². The third-order valence-corrected chi connectivity index (χ3v) is 4.96. The van der Waals surface area contributed by atoms with E-state index in [1.54, 1.807) is 18.3 Å². The molecule has 0 spiro atoms. The van der Waals surface area contributed by atoms with Gasteiger partial charge in [0.15, 0.2) is 0 Å². The molecular weight excluding hydrogens is 506 g/mol. The van der Waals surface area contributed by atoms with Crippen molar-refractivity contribution in [1.82, 2.24) is 15.2 Å². The number of hydrogen-bond donors (Lipinski definition) is 1. The maximum Gasteiger partial charge on any atom is 0.277 e. The molecule has 2 heterocycles. The lowest BCUT2D eigenvalue weighted by Gasteiger charge is -2.05. The number of non-ortho nitro benzene ring substituents is 1. The summed E-state index contributed by atoms with van der Waals surface area (Å²) in [5.41, 5.74) is 0.350.